The Balaban J connectivity index is 1.28. The molecule has 0 spiro atoms. The van der Waals surface area contributed by atoms with E-state index in [4.69, 9.17) is 4.99 Å². The zero-order chi connectivity index (χ0) is 21.0. The fourth-order valence-electron chi connectivity index (χ4n) is 4.57. The summed E-state index contributed by atoms with van der Waals surface area (Å²) in [7, 11) is 0. The van der Waals surface area contributed by atoms with Crippen molar-refractivity contribution in [3.05, 3.63) is 65.5 Å². The molecule has 1 aliphatic carbocycles. The van der Waals surface area contributed by atoms with Crippen LogP contribution in [0, 0.1) is 5.92 Å². The van der Waals surface area contributed by atoms with Gasteiger partial charge in [0.05, 0.1) is 5.71 Å². The van der Waals surface area contributed by atoms with Crippen LogP contribution < -0.4 is 4.90 Å². The number of carbonyl (C=O) groups is 1. The Morgan fingerprint density at radius 2 is 1.87 bits per heavy atom. The molecule has 0 N–H and O–H groups in total. The number of pyridine rings is 1. The van der Waals surface area contributed by atoms with Gasteiger partial charge in [-0.2, -0.15) is 0 Å². The van der Waals surface area contributed by atoms with Crippen molar-refractivity contribution in [1.82, 2.24) is 9.88 Å². The van der Waals surface area contributed by atoms with Gasteiger partial charge in [0.1, 0.15) is 0 Å². The van der Waals surface area contributed by atoms with Crippen molar-refractivity contribution in [2.75, 3.05) is 37.6 Å². The van der Waals surface area contributed by atoms with E-state index in [1.807, 2.05) is 12.3 Å². The molecule has 160 valence electrons. The van der Waals surface area contributed by atoms with E-state index in [-0.39, 0.29) is 0 Å². The van der Waals surface area contributed by atoms with Crippen LogP contribution in [0.3, 0.4) is 0 Å². The van der Waals surface area contributed by atoms with Crippen LogP contribution in [0.4, 0.5) is 5.69 Å². The molecule has 1 saturated carbocycles. The number of rotatable bonds is 4. The molecule has 3 heterocycles. The Hall–Kier alpha value is -2.95. The summed E-state index contributed by atoms with van der Waals surface area (Å²) >= 11 is 0. The summed E-state index contributed by atoms with van der Waals surface area (Å²) in [6.07, 6.45) is 11.3. The highest BCUT2D eigenvalue weighted by Crippen LogP contribution is 2.31. The lowest BCUT2D eigenvalue weighted by molar-refractivity contribution is -0.132. The fourth-order valence-corrected chi connectivity index (χ4v) is 4.57. The van der Waals surface area contributed by atoms with E-state index in [9.17, 15) is 4.79 Å². The van der Waals surface area contributed by atoms with E-state index >= 15 is 0 Å². The summed E-state index contributed by atoms with van der Waals surface area (Å²) in [6.45, 7) is 4.54. The van der Waals surface area contributed by atoms with Gasteiger partial charge in [0, 0.05) is 62.3 Å². The minimum absolute atomic E-state index is 0.318. The maximum atomic E-state index is 12.4. The molecule has 5 rings (SSSR count). The quantitative estimate of drug-likeness (QED) is 0.754. The van der Waals surface area contributed by atoms with Crippen LogP contribution in [0.25, 0.3) is 6.08 Å². The number of carbonyl (C=O) groups excluding carboxylic acids is 1. The Morgan fingerprint density at radius 3 is 2.65 bits per heavy atom. The van der Waals surface area contributed by atoms with Gasteiger partial charge in [0.2, 0.25) is 5.91 Å². The Morgan fingerprint density at radius 1 is 1.00 bits per heavy atom. The summed E-state index contributed by atoms with van der Waals surface area (Å²) in [5.74, 6) is 0.696. The topological polar surface area (TPSA) is 48.8 Å². The van der Waals surface area contributed by atoms with Gasteiger partial charge in [0.25, 0.3) is 0 Å². The number of hydrogen-bond acceptors (Lipinski definition) is 4. The fraction of sp³-hybridized carbons (Fsp3) is 0.423. The van der Waals surface area contributed by atoms with Crippen molar-refractivity contribution in [1.29, 1.82) is 0 Å². The molecule has 5 nitrogen and oxygen atoms in total. The maximum Gasteiger partial charge on any atom is 0.225 e. The second kappa shape index (κ2) is 9.04. The molecule has 5 heteroatoms. The largest absolute Gasteiger partial charge is 0.370 e. The van der Waals surface area contributed by atoms with E-state index in [2.05, 4.69) is 51.2 Å². The molecule has 1 saturated heterocycles. The number of benzene rings is 1. The number of allylic oxidation sites excluding steroid dienone is 1. The van der Waals surface area contributed by atoms with Crippen molar-refractivity contribution >= 4 is 23.4 Å². The lowest BCUT2D eigenvalue weighted by Crippen LogP contribution is -2.36. The molecule has 0 atom stereocenters. The summed E-state index contributed by atoms with van der Waals surface area (Å²) in [4.78, 5) is 26.0. The molecule has 0 unspecified atom stereocenters. The average molecular weight is 415 g/mol. The van der Waals surface area contributed by atoms with Crippen LogP contribution in [0.15, 0.2) is 59.4 Å². The number of amides is 1. The van der Waals surface area contributed by atoms with Crippen LogP contribution in [0.1, 0.15) is 43.2 Å². The van der Waals surface area contributed by atoms with Crippen LogP contribution in [0.5, 0.6) is 0 Å². The van der Waals surface area contributed by atoms with Crippen LogP contribution in [-0.4, -0.2) is 54.2 Å². The summed E-state index contributed by atoms with van der Waals surface area (Å²) in [6, 6.07) is 12.9. The monoisotopic (exact) mass is 414 g/mol. The zero-order valence-electron chi connectivity index (χ0n) is 18.0. The minimum Gasteiger partial charge on any atom is -0.370 e. The third-order valence-corrected chi connectivity index (χ3v) is 6.45. The number of anilines is 1. The lowest BCUT2D eigenvalue weighted by Gasteiger charge is -2.24. The molecule has 3 aliphatic rings. The molecule has 0 radical (unpaired) electrons. The first kappa shape index (κ1) is 20.0. The summed E-state index contributed by atoms with van der Waals surface area (Å²) in [5, 5.41) is 0. The average Bonchev–Trinajstić information content (AvgIpc) is 3.68. The predicted octanol–water partition coefficient (Wildman–Crippen LogP) is 4.20. The van der Waals surface area contributed by atoms with Gasteiger partial charge in [-0.1, -0.05) is 12.1 Å². The van der Waals surface area contributed by atoms with Gasteiger partial charge in [-0.25, -0.2) is 0 Å². The van der Waals surface area contributed by atoms with E-state index < -0.39 is 0 Å². The second-order valence-electron chi connectivity index (χ2n) is 8.78. The number of nitrogens with zero attached hydrogens (tertiary/aromatic N) is 4. The highest BCUT2D eigenvalue weighted by atomic mass is 16.2. The number of aliphatic imine (C=N–C) groups is 1. The first-order chi connectivity index (χ1) is 15.3. The molecule has 0 bridgehead atoms. The van der Waals surface area contributed by atoms with Crippen molar-refractivity contribution in [2.24, 2.45) is 10.9 Å². The van der Waals surface area contributed by atoms with E-state index in [1.165, 1.54) is 16.8 Å². The molecule has 1 amide bonds. The van der Waals surface area contributed by atoms with Crippen molar-refractivity contribution < 1.29 is 4.79 Å². The van der Waals surface area contributed by atoms with Gasteiger partial charge < -0.3 is 9.80 Å². The normalized spacial score (nSPS) is 21.0. The molecule has 1 aromatic heterocycles. The number of hydrogen-bond donors (Lipinski definition) is 0. The SMILES string of the molecule is O=C(C1CC1)N1CCCN(c2ccc(C=C3CCCN=C3c3cccnc3)cc2)CC1. The number of aromatic nitrogens is 1. The molecular weight excluding hydrogens is 384 g/mol. The van der Waals surface area contributed by atoms with Crippen molar-refractivity contribution in [3.8, 4) is 0 Å². The molecular formula is C26H30N4O. The van der Waals surface area contributed by atoms with Crippen LogP contribution in [-0.2, 0) is 4.79 Å². The molecule has 2 fully saturated rings. The van der Waals surface area contributed by atoms with Crippen molar-refractivity contribution in [3.63, 3.8) is 0 Å². The first-order valence-corrected chi connectivity index (χ1v) is 11.6. The van der Waals surface area contributed by atoms with Crippen molar-refractivity contribution in [2.45, 2.75) is 32.1 Å². The zero-order valence-corrected chi connectivity index (χ0v) is 18.0. The molecule has 2 aliphatic heterocycles. The third-order valence-electron chi connectivity index (χ3n) is 6.45. The summed E-state index contributed by atoms with van der Waals surface area (Å²) in [5.41, 5.74) is 5.91. The van der Waals surface area contributed by atoms with E-state index in [0.29, 0.717) is 11.8 Å². The Bertz CT molecular complexity index is 976. The van der Waals surface area contributed by atoms with Crippen LogP contribution >= 0.6 is 0 Å². The first-order valence-electron chi connectivity index (χ1n) is 11.6. The second-order valence-corrected chi connectivity index (χ2v) is 8.78. The van der Waals surface area contributed by atoms with Crippen LogP contribution in [0.2, 0.25) is 0 Å². The maximum absolute atomic E-state index is 12.4. The van der Waals surface area contributed by atoms with Gasteiger partial charge in [-0.15, -0.1) is 0 Å². The Labute approximate surface area is 184 Å². The smallest absolute Gasteiger partial charge is 0.225 e. The van der Waals surface area contributed by atoms with E-state index in [0.717, 1.165) is 76.1 Å². The molecule has 2 aromatic rings. The third kappa shape index (κ3) is 4.71. The standard InChI is InChI=1S/C26H30N4O/c31-26(21-8-9-21)30-15-3-14-29(16-17-30)24-10-6-20(7-11-24)18-22-4-2-13-28-25(22)23-5-1-12-27-19-23/h1,5-7,10-12,18-19,21H,2-4,8-9,13-17H2. The van der Waals surface area contributed by atoms with Gasteiger partial charge in [-0.3, -0.25) is 14.8 Å². The summed E-state index contributed by atoms with van der Waals surface area (Å²) < 4.78 is 0. The van der Waals surface area contributed by atoms with E-state index in [1.54, 1.807) is 6.20 Å². The Kier molecular flexibility index (Phi) is 5.83. The van der Waals surface area contributed by atoms with Gasteiger partial charge in [-0.05, 0) is 73.6 Å². The minimum atomic E-state index is 0.318. The molecule has 31 heavy (non-hydrogen) atoms. The van der Waals surface area contributed by atoms with Gasteiger partial charge in [0.15, 0.2) is 0 Å². The predicted molar refractivity (Wildman–Crippen MR) is 125 cm³/mol. The molecule has 1 aromatic carbocycles. The highest BCUT2D eigenvalue weighted by molar-refractivity contribution is 6.15. The lowest BCUT2D eigenvalue weighted by atomic mass is 9.95. The highest BCUT2D eigenvalue weighted by Gasteiger charge is 2.33. The van der Waals surface area contributed by atoms with Gasteiger partial charge >= 0.3 is 0 Å².